The number of halogens is 1. The lowest BCUT2D eigenvalue weighted by Crippen LogP contribution is -2.50. The van der Waals surface area contributed by atoms with Crippen LogP contribution in [0.1, 0.15) is 53.7 Å². The van der Waals surface area contributed by atoms with Crippen molar-refractivity contribution in [3.05, 3.63) is 83.4 Å². The van der Waals surface area contributed by atoms with E-state index in [1.165, 1.54) is 6.07 Å². The summed E-state index contributed by atoms with van der Waals surface area (Å²) in [7, 11) is 0. The quantitative estimate of drug-likeness (QED) is 0.253. The SMILES string of the molecule is Cc1cc(-c2n[nH]c3ccc(C(=O)C[C@@H]4CCC[C@](Cc5ccccc5F)(NC=O)C4)cc23)ccn1. The maximum Gasteiger partial charge on any atom is 0.207 e. The number of aromatic amines is 1. The van der Waals surface area contributed by atoms with E-state index < -0.39 is 5.54 Å². The van der Waals surface area contributed by atoms with Crippen molar-refractivity contribution >= 4 is 23.1 Å². The highest BCUT2D eigenvalue weighted by Crippen LogP contribution is 2.38. The highest BCUT2D eigenvalue weighted by atomic mass is 19.1. The summed E-state index contributed by atoms with van der Waals surface area (Å²) in [5, 5.41) is 11.4. The zero-order valence-electron chi connectivity index (χ0n) is 20.3. The highest BCUT2D eigenvalue weighted by molar-refractivity contribution is 6.02. The van der Waals surface area contributed by atoms with Crippen LogP contribution >= 0.6 is 0 Å². The average molecular weight is 485 g/mol. The molecule has 184 valence electrons. The molecule has 2 heterocycles. The van der Waals surface area contributed by atoms with E-state index in [4.69, 9.17) is 0 Å². The van der Waals surface area contributed by atoms with Gasteiger partial charge in [0.1, 0.15) is 11.5 Å². The molecule has 1 aliphatic rings. The van der Waals surface area contributed by atoms with Gasteiger partial charge in [0.15, 0.2) is 5.78 Å². The number of carbonyl (C=O) groups excluding carboxylic acids is 2. The molecule has 0 unspecified atom stereocenters. The van der Waals surface area contributed by atoms with Crippen LogP contribution in [0.5, 0.6) is 0 Å². The Balaban J connectivity index is 1.36. The van der Waals surface area contributed by atoms with E-state index in [9.17, 15) is 14.0 Å². The van der Waals surface area contributed by atoms with Crippen LogP contribution in [0.3, 0.4) is 0 Å². The van der Waals surface area contributed by atoms with E-state index in [1.807, 2.05) is 43.3 Å². The van der Waals surface area contributed by atoms with Gasteiger partial charge >= 0.3 is 0 Å². The van der Waals surface area contributed by atoms with Crippen LogP contribution < -0.4 is 5.32 Å². The molecular weight excluding hydrogens is 455 g/mol. The second-order valence-electron chi connectivity index (χ2n) is 9.92. The number of fused-ring (bicyclic) bond motifs is 1. The third-order valence-corrected chi connectivity index (χ3v) is 7.33. The van der Waals surface area contributed by atoms with E-state index in [1.54, 1.807) is 18.3 Å². The zero-order chi connectivity index (χ0) is 25.1. The molecule has 2 N–H and O–H groups in total. The maximum atomic E-state index is 14.4. The number of aromatic nitrogens is 3. The Morgan fingerprint density at radius 2 is 2.08 bits per heavy atom. The van der Waals surface area contributed by atoms with E-state index >= 15 is 0 Å². The molecule has 1 saturated carbocycles. The molecule has 2 aromatic heterocycles. The molecule has 5 rings (SSSR count). The second-order valence-corrected chi connectivity index (χ2v) is 9.92. The minimum Gasteiger partial charge on any atom is -0.353 e. The van der Waals surface area contributed by atoms with Gasteiger partial charge in [0.05, 0.1) is 5.52 Å². The van der Waals surface area contributed by atoms with Crippen LogP contribution in [-0.2, 0) is 11.2 Å². The largest absolute Gasteiger partial charge is 0.353 e. The maximum absolute atomic E-state index is 14.4. The van der Waals surface area contributed by atoms with Crippen LogP contribution in [0, 0.1) is 18.7 Å². The molecular formula is C29H29FN4O2. The van der Waals surface area contributed by atoms with Crippen LogP contribution in [-0.4, -0.2) is 32.9 Å². The van der Waals surface area contributed by atoms with Crippen molar-refractivity contribution < 1.29 is 14.0 Å². The molecule has 2 atom stereocenters. The number of ketones is 1. The molecule has 4 aromatic rings. The Hall–Kier alpha value is -3.87. The van der Waals surface area contributed by atoms with E-state index in [0.717, 1.165) is 47.1 Å². The standard InChI is InChI=1S/C29H29FN4O2/c1-19-13-22(10-12-31-19)28-24-15-21(8-9-26(24)33-34-28)27(36)14-20-5-4-11-29(16-20,32-18-35)17-23-6-2-3-7-25(23)30/h2-3,6-10,12-13,15,18,20H,4-5,11,14,16-17H2,1H3,(H,32,35)(H,33,34)/t20-,29-/m0/s1. The molecule has 0 spiro atoms. The van der Waals surface area contributed by atoms with Gasteiger partial charge in [-0.05, 0) is 80.5 Å². The van der Waals surface area contributed by atoms with Crippen molar-refractivity contribution in [2.24, 2.45) is 5.92 Å². The number of benzene rings is 2. The van der Waals surface area contributed by atoms with Gasteiger partial charge in [0.25, 0.3) is 0 Å². The lowest BCUT2D eigenvalue weighted by atomic mass is 9.71. The molecule has 1 fully saturated rings. The van der Waals surface area contributed by atoms with Gasteiger partial charge in [-0.3, -0.25) is 19.7 Å². The normalized spacial score (nSPS) is 19.8. The van der Waals surface area contributed by atoms with Crippen molar-refractivity contribution in [1.82, 2.24) is 20.5 Å². The number of hydrogen-bond donors (Lipinski definition) is 2. The van der Waals surface area contributed by atoms with Gasteiger partial charge < -0.3 is 5.32 Å². The Bertz CT molecular complexity index is 1420. The summed E-state index contributed by atoms with van der Waals surface area (Å²) in [4.78, 5) is 29.1. The van der Waals surface area contributed by atoms with Crippen molar-refractivity contribution in [3.63, 3.8) is 0 Å². The summed E-state index contributed by atoms with van der Waals surface area (Å²) in [6, 6.07) is 16.2. The molecule has 0 bridgehead atoms. The number of hydrogen-bond acceptors (Lipinski definition) is 4. The number of H-pyrrole nitrogens is 1. The highest BCUT2D eigenvalue weighted by Gasteiger charge is 2.37. The topological polar surface area (TPSA) is 87.7 Å². The zero-order valence-corrected chi connectivity index (χ0v) is 20.3. The monoisotopic (exact) mass is 484 g/mol. The fraction of sp³-hybridized carbons (Fsp3) is 0.310. The number of nitrogens with zero attached hydrogens (tertiary/aromatic N) is 2. The van der Waals surface area contributed by atoms with E-state index in [0.29, 0.717) is 36.8 Å². The van der Waals surface area contributed by atoms with Crippen LogP contribution in [0.25, 0.3) is 22.2 Å². The molecule has 0 aliphatic heterocycles. The summed E-state index contributed by atoms with van der Waals surface area (Å²) < 4.78 is 14.4. The summed E-state index contributed by atoms with van der Waals surface area (Å²) in [6.45, 7) is 1.93. The smallest absolute Gasteiger partial charge is 0.207 e. The molecule has 1 aliphatic carbocycles. The van der Waals surface area contributed by atoms with Gasteiger partial charge in [-0.2, -0.15) is 5.10 Å². The Morgan fingerprint density at radius 3 is 2.89 bits per heavy atom. The Labute approximate surface area is 209 Å². The molecule has 0 radical (unpaired) electrons. The molecule has 6 nitrogen and oxygen atoms in total. The van der Waals surface area contributed by atoms with Gasteiger partial charge in [-0.1, -0.05) is 24.6 Å². The number of Topliss-reactive ketones (excluding diaryl/α,β-unsaturated/α-hetero) is 1. The first-order valence-electron chi connectivity index (χ1n) is 12.4. The number of pyridine rings is 1. The van der Waals surface area contributed by atoms with Crippen molar-refractivity contribution in [1.29, 1.82) is 0 Å². The van der Waals surface area contributed by atoms with Gasteiger partial charge in [0.2, 0.25) is 6.41 Å². The average Bonchev–Trinajstić information content (AvgIpc) is 3.29. The number of amides is 1. The second kappa shape index (κ2) is 10.0. The number of aryl methyl sites for hydroxylation is 1. The first-order chi connectivity index (χ1) is 17.5. The summed E-state index contributed by atoms with van der Waals surface area (Å²) in [5.74, 6) is -0.100. The number of carbonyl (C=O) groups is 2. The van der Waals surface area contributed by atoms with Crippen molar-refractivity contribution in [3.8, 4) is 11.3 Å². The van der Waals surface area contributed by atoms with Gasteiger partial charge in [-0.25, -0.2) is 4.39 Å². The first-order valence-corrected chi connectivity index (χ1v) is 12.4. The third-order valence-electron chi connectivity index (χ3n) is 7.33. The summed E-state index contributed by atoms with van der Waals surface area (Å²) in [5.41, 5.74) is 4.19. The third kappa shape index (κ3) is 4.91. The molecule has 1 amide bonds. The van der Waals surface area contributed by atoms with Gasteiger partial charge in [-0.15, -0.1) is 0 Å². The number of rotatable bonds is 8. The Kier molecular flexibility index (Phi) is 6.63. The Morgan fingerprint density at radius 1 is 1.22 bits per heavy atom. The minimum atomic E-state index is -0.548. The predicted octanol–water partition coefficient (Wildman–Crippen LogP) is 5.56. The number of nitrogens with one attached hydrogen (secondary N) is 2. The lowest BCUT2D eigenvalue weighted by molar-refractivity contribution is -0.111. The minimum absolute atomic E-state index is 0.0627. The molecule has 36 heavy (non-hydrogen) atoms. The van der Waals surface area contributed by atoms with Crippen LogP contribution in [0.4, 0.5) is 4.39 Å². The lowest BCUT2D eigenvalue weighted by Gasteiger charge is -2.41. The van der Waals surface area contributed by atoms with Crippen molar-refractivity contribution in [2.45, 2.75) is 51.0 Å². The van der Waals surface area contributed by atoms with Crippen molar-refractivity contribution in [2.75, 3.05) is 0 Å². The van der Waals surface area contributed by atoms with Crippen LogP contribution in [0.15, 0.2) is 60.8 Å². The summed E-state index contributed by atoms with van der Waals surface area (Å²) in [6.07, 6.45) is 6.44. The summed E-state index contributed by atoms with van der Waals surface area (Å²) >= 11 is 0. The molecule has 7 heteroatoms. The fourth-order valence-corrected chi connectivity index (χ4v) is 5.61. The first kappa shape index (κ1) is 23.9. The molecule has 2 aromatic carbocycles. The fourth-order valence-electron chi connectivity index (χ4n) is 5.61. The van der Waals surface area contributed by atoms with Crippen LogP contribution in [0.2, 0.25) is 0 Å². The predicted molar refractivity (Wildman–Crippen MR) is 137 cm³/mol. The van der Waals surface area contributed by atoms with Gasteiger partial charge in [0, 0.05) is 40.4 Å². The van der Waals surface area contributed by atoms with E-state index in [2.05, 4.69) is 20.5 Å². The molecule has 0 saturated heterocycles. The van der Waals surface area contributed by atoms with E-state index in [-0.39, 0.29) is 17.5 Å².